The number of sulfonamides is 1. The third kappa shape index (κ3) is 3.46. The Morgan fingerprint density at radius 1 is 1.38 bits per heavy atom. The molecule has 1 fully saturated rings. The molecule has 0 aromatic carbocycles. The predicted octanol–water partition coefficient (Wildman–Crippen LogP) is 3.04. The summed E-state index contributed by atoms with van der Waals surface area (Å²) in [5, 5.41) is 10.3. The largest absolute Gasteiger partial charge is 0.478 e. The molecule has 2 rings (SSSR count). The summed E-state index contributed by atoms with van der Waals surface area (Å²) >= 11 is 0.972. The smallest absolute Gasteiger partial charge is 0.336 e. The molecule has 1 aromatic heterocycles. The molecule has 1 saturated carbocycles. The second-order valence-electron chi connectivity index (χ2n) is 5.56. The summed E-state index contributed by atoms with van der Waals surface area (Å²) in [5.74, 6) is -0.392. The van der Waals surface area contributed by atoms with Crippen LogP contribution in [0.1, 0.15) is 49.4 Å². The summed E-state index contributed by atoms with van der Waals surface area (Å²) in [4.78, 5) is 10.9. The maximum Gasteiger partial charge on any atom is 0.336 e. The van der Waals surface area contributed by atoms with E-state index in [4.69, 9.17) is 5.11 Å². The lowest BCUT2D eigenvalue weighted by Crippen LogP contribution is -2.39. The number of hydrogen-bond acceptors (Lipinski definition) is 4. The van der Waals surface area contributed by atoms with E-state index in [1.165, 1.54) is 15.8 Å². The molecule has 0 amide bonds. The average molecular weight is 331 g/mol. The van der Waals surface area contributed by atoms with E-state index in [0.717, 1.165) is 43.4 Å². The fraction of sp³-hybridized carbons (Fsp3) is 0.643. The summed E-state index contributed by atoms with van der Waals surface area (Å²) in [6.07, 6.45) is 5.03. The first-order valence-electron chi connectivity index (χ1n) is 7.16. The molecule has 0 radical (unpaired) electrons. The molecule has 7 heteroatoms. The Labute approximate surface area is 129 Å². The quantitative estimate of drug-likeness (QED) is 0.900. The zero-order valence-electron chi connectivity index (χ0n) is 12.3. The van der Waals surface area contributed by atoms with Crippen molar-refractivity contribution in [1.29, 1.82) is 0 Å². The van der Waals surface area contributed by atoms with Crippen molar-refractivity contribution < 1.29 is 18.3 Å². The molecule has 1 aliphatic rings. The molecular weight excluding hydrogens is 310 g/mol. The Morgan fingerprint density at radius 3 is 2.48 bits per heavy atom. The lowest BCUT2D eigenvalue weighted by atomic mass is 9.85. The number of carbonyl (C=O) groups is 1. The zero-order chi connectivity index (χ0) is 15.6. The molecular formula is C14H21NO4S2. The highest BCUT2D eigenvalue weighted by Crippen LogP contribution is 2.32. The van der Waals surface area contributed by atoms with Crippen molar-refractivity contribution in [2.24, 2.45) is 5.92 Å². The van der Waals surface area contributed by atoms with Crippen molar-refractivity contribution in [3.63, 3.8) is 0 Å². The fourth-order valence-corrected chi connectivity index (χ4v) is 5.57. The van der Waals surface area contributed by atoms with Gasteiger partial charge in [-0.2, -0.15) is 4.31 Å². The van der Waals surface area contributed by atoms with Crippen LogP contribution in [0.15, 0.2) is 15.7 Å². The van der Waals surface area contributed by atoms with Crippen LogP contribution in [0.4, 0.5) is 0 Å². The topological polar surface area (TPSA) is 74.7 Å². The molecule has 0 unspecified atom stereocenters. The molecule has 1 heterocycles. The van der Waals surface area contributed by atoms with E-state index in [1.54, 1.807) is 7.05 Å². The highest BCUT2D eigenvalue weighted by atomic mass is 32.2. The van der Waals surface area contributed by atoms with E-state index in [0.29, 0.717) is 5.92 Å². The van der Waals surface area contributed by atoms with Gasteiger partial charge in [0.25, 0.3) is 10.0 Å². The maximum absolute atomic E-state index is 12.6. The minimum absolute atomic E-state index is 0.0215. The number of rotatable bonds is 5. The van der Waals surface area contributed by atoms with Crippen LogP contribution < -0.4 is 0 Å². The number of thiophene rings is 1. The molecule has 118 valence electrons. The first-order chi connectivity index (χ1) is 9.86. The Morgan fingerprint density at radius 2 is 2.00 bits per heavy atom. The van der Waals surface area contributed by atoms with Crippen LogP contribution in [0, 0.1) is 5.92 Å². The van der Waals surface area contributed by atoms with E-state index in [2.05, 4.69) is 6.92 Å². The van der Waals surface area contributed by atoms with Gasteiger partial charge in [0.2, 0.25) is 0 Å². The lowest BCUT2D eigenvalue weighted by Gasteiger charge is -2.33. The maximum atomic E-state index is 12.6. The summed E-state index contributed by atoms with van der Waals surface area (Å²) in [6, 6.07) is 1.27. The van der Waals surface area contributed by atoms with Crippen molar-refractivity contribution in [3.8, 4) is 0 Å². The van der Waals surface area contributed by atoms with E-state index < -0.39 is 16.0 Å². The second-order valence-corrected chi connectivity index (χ2v) is 8.70. The summed E-state index contributed by atoms with van der Waals surface area (Å²) in [5.41, 5.74) is 0.0293. The SMILES string of the molecule is CCC1CCC(N(C)S(=O)(=O)c2cc(C(=O)O)cs2)CC1. The van der Waals surface area contributed by atoms with Gasteiger partial charge in [0.1, 0.15) is 4.21 Å². The van der Waals surface area contributed by atoms with Crippen LogP contribution in [0.25, 0.3) is 0 Å². The third-order valence-electron chi connectivity index (χ3n) is 4.36. The third-order valence-corrected chi connectivity index (χ3v) is 7.69. The molecule has 1 N–H and O–H groups in total. The molecule has 1 aliphatic carbocycles. The van der Waals surface area contributed by atoms with Crippen LogP contribution in [-0.2, 0) is 10.0 Å². The first kappa shape index (κ1) is 16.5. The molecule has 5 nitrogen and oxygen atoms in total. The minimum atomic E-state index is -3.59. The van der Waals surface area contributed by atoms with Crippen LogP contribution in [0.3, 0.4) is 0 Å². The first-order valence-corrected chi connectivity index (χ1v) is 9.48. The standard InChI is InChI=1S/C14H21NO4S2/c1-3-10-4-6-12(7-5-10)15(2)21(18,19)13-8-11(9-20-13)14(16)17/h8-10,12H,3-7H2,1-2H3,(H,16,17). The normalized spacial score (nSPS) is 23.4. The highest BCUT2D eigenvalue weighted by molar-refractivity contribution is 7.91. The van der Waals surface area contributed by atoms with Crippen molar-refractivity contribution in [1.82, 2.24) is 4.31 Å². The average Bonchev–Trinajstić information content (AvgIpc) is 2.97. The van der Waals surface area contributed by atoms with Crippen molar-refractivity contribution in [2.75, 3.05) is 7.05 Å². The van der Waals surface area contributed by atoms with Gasteiger partial charge in [-0.3, -0.25) is 0 Å². The van der Waals surface area contributed by atoms with E-state index >= 15 is 0 Å². The van der Waals surface area contributed by atoms with Gasteiger partial charge < -0.3 is 5.11 Å². The Hall–Kier alpha value is -0.920. The minimum Gasteiger partial charge on any atom is -0.478 e. The molecule has 0 saturated heterocycles. The zero-order valence-corrected chi connectivity index (χ0v) is 13.9. The van der Waals surface area contributed by atoms with E-state index in [9.17, 15) is 13.2 Å². The van der Waals surface area contributed by atoms with Gasteiger partial charge in [-0.05, 0) is 37.7 Å². The van der Waals surface area contributed by atoms with Crippen molar-refractivity contribution in [2.45, 2.75) is 49.3 Å². The van der Waals surface area contributed by atoms with Gasteiger partial charge in [0.05, 0.1) is 5.56 Å². The monoisotopic (exact) mass is 331 g/mol. The van der Waals surface area contributed by atoms with Gasteiger partial charge in [-0.1, -0.05) is 13.3 Å². The van der Waals surface area contributed by atoms with Gasteiger partial charge in [-0.25, -0.2) is 13.2 Å². The molecule has 1 aromatic rings. The number of carboxylic acids is 1. The summed E-state index contributed by atoms with van der Waals surface area (Å²) in [6.45, 7) is 2.17. The molecule has 0 bridgehead atoms. The fourth-order valence-electron chi connectivity index (χ4n) is 2.82. The second kappa shape index (κ2) is 6.46. The number of carboxylic acid groups (broad SMARTS) is 1. The van der Waals surface area contributed by atoms with Crippen LogP contribution in [0.2, 0.25) is 0 Å². The van der Waals surface area contributed by atoms with Crippen molar-refractivity contribution >= 4 is 27.3 Å². The van der Waals surface area contributed by atoms with Gasteiger partial charge >= 0.3 is 5.97 Å². The lowest BCUT2D eigenvalue weighted by molar-refractivity contribution is 0.0697. The Bertz CT molecular complexity index is 600. The molecule has 21 heavy (non-hydrogen) atoms. The molecule has 0 spiro atoms. The Balaban J connectivity index is 2.13. The summed E-state index contributed by atoms with van der Waals surface area (Å²) < 4.78 is 26.7. The number of hydrogen-bond donors (Lipinski definition) is 1. The highest BCUT2D eigenvalue weighted by Gasteiger charge is 2.32. The Kier molecular flexibility index (Phi) is 5.06. The molecule has 0 atom stereocenters. The van der Waals surface area contributed by atoms with Gasteiger partial charge in [0.15, 0.2) is 0 Å². The van der Waals surface area contributed by atoms with Gasteiger partial charge in [-0.15, -0.1) is 11.3 Å². The molecule has 0 aliphatic heterocycles. The predicted molar refractivity (Wildman–Crippen MR) is 82.3 cm³/mol. The van der Waals surface area contributed by atoms with E-state index in [-0.39, 0.29) is 15.8 Å². The number of nitrogens with zero attached hydrogens (tertiary/aromatic N) is 1. The van der Waals surface area contributed by atoms with Crippen LogP contribution >= 0.6 is 11.3 Å². The number of aromatic carboxylic acids is 1. The van der Waals surface area contributed by atoms with Crippen LogP contribution in [0.5, 0.6) is 0 Å². The van der Waals surface area contributed by atoms with Gasteiger partial charge in [0, 0.05) is 18.5 Å². The summed E-state index contributed by atoms with van der Waals surface area (Å²) in [7, 11) is -1.98. The van der Waals surface area contributed by atoms with Crippen LogP contribution in [-0.4, -0.2) is 36.9 Å². The van der Waals surface area contributed by atoms with Crippen molar-refractivity contribution in [3.05, 3.63) is 17.0 Å². The van der Waals surface area contributed by atoms with E-state index in [1.807, 2.05) is 0 Å².